The summed E-state index contributed by atoms with van der Waals surface area (Å²) in [6.07, 6.45) is -17.1. The highest BCUT2D eigenvalue weighted by atomic mass is 32.3. The zero-order valence-corrected chi connectivity index (χ0v) is 20.0. The average Bonchev–Trinajstić information content (AvgIpc) is 2.82. The summed E-state index contributed by atoms with van der Waals surface area (Å²) < 4.78 is 51.0. The fourth-order valence-electron chi connectivity index (χ4n) is 3.54. The second-order valence-corrected chi connectivity index (χ2v) is 10.2. The van der Waals surface area contributed by atoms with Crippen LogP contribution in [0.25, 0.3) is 0 Å². The van der Waals surface area contributed by atoms with Gasteiger partial charge in [-0.25, -0.2) is 8.98 Å². The molecule has 37 heavy (non-hydrogen) atoms. The van der Waals surface area contributed by atoms with E-state index < -0.39 is 88.5 Å². The molecule has 2 saturated heterocycles. The van der Waals surface area contributed by atoms with Crippen LogP contribution in [-0.4, -0.2) is 122 Å². The Morgan fingerprint density at radius 3 is 2.16 bits per heavy atom. The Hall–Kier alpha value is -2.01. The molecule has 0 bridgehead atoms. The number of ether oxygens (including phenoxy) is 3. The number of hydrogen-bond acceptors (Lipinski definition) is 15. The van der Waals surface area contributed by atoms with Crippen LogP contribution in [0.1, 0.15) is 0 Å². The maximum absolute atomic E-state index is 11.4. The first-order valence-electron chi connectivity index (χ1n) is 10.3. The van der Waals surface area contributed by atoms with E-state index in [1.165, 1.54) is 12.1 Å². The summed E-state index contributed by atoms with van der Waals surface area (Å²) in [7, 11) is -4.96. The molecule has 0 spiro atoms. The van der Waals surface area contributed by atoms with Crippen LogP contribution in [0.3, 0.4) is 0 Å². The van der Waals surface area contributed by atoms with Crippen LogP contribution in [0.5, 0.6) is 0 Å². The molecule has 19 heteroatoms. The Morgan fingerprint density at radius 1 is 1.00 bits per heavy atom. The van der Waals surface area contributed by atoms with Crippen LogP contribution >= 0.6 is 11.8 Å². The third-order valence-electron chi connectivity index (χ3n) is 5.43. The van der Waals surface area contributed by atoms with Gasteiger partial charge in [0.15, 0.2) is 12.4 Å². The van der Waals surface area contributed by atoms with E-state index in [9.17, 15) is 54.0 Å². The van der Waals surface area contributed by atoms with Gasteiger partial charge in [-0.1, -0.05) is 11.8 Å². The number of nitrogens with zero attached hydrogens (tertiary/aromatic N) is 1. The van der Waals surface area contributed by atoms with Gasteiger partial charge in [-0.05, 0) is 12.1 Å². The van der Waals surface area contributed by atoms with E-state index in [2.05, 4.69) is 4.18 Å². The molecular formula is C18H23NO16S2. The monoisotopic (exact) mass is 573 g/mol. The Bertz CT molecular complexity index is 1070. The highest BCUT2D eigenvalue weighted by Gasteiger charge is 2.52. The normalized spacial score (nSPS) is 36.7. The van der Waals surface area contributed by atoms with Crippen molar-refractivity contribution in [3.05, 3.63) is 34.4 Å². The SMILES string of the molecule is O=C(O)[C@H]1O[C@@H](O[C@@H]2[C@@H](O)[C@H](O)[C@@H](COS(=O)(=O)O)O[C@H]2Sc2ccc([N+](=O)[O-])cc2)[C@H](O)[C@@H](O)[C@@H]1O. The molecule has 0 radical (unpaired) electrons. The third kappa shape index (κ3) is 7.10. The predicted octanol–water partition coefficient (Wildman–Crippen LogP) is -2.77. The standard InChI is InChI=1S/C18H23NO16S2/c20-9-8(5-32-37(29,30)31)33-18(36-7-3-1-6(2-4-7)19(27)28)15(11(9)22)35-17-13(24)10(21)12(23)14(34-17)16(25)26/h1-4,8-15,17-18,20-24H,5H2,(H,25,26)(H,29,30,31)/t8-,9-,10+,11+,12+,13-,14+,15-,17+,18+/m1/s1. The number of rotatable bonds is 9. The first kappa shape index (κ1) is 29.5. The van der Waals surface area contributed by atoms with Gasteiger partial charge in [-0.15, -0.1) is 0 Å². The summed E-state index contributed by atoms with van der Waals surface area (Å²) in [5.41, 5.74) is -1.64. The van der Waals surface area contributed by atoms with Crippen molar-refractivity contribution in [3.63, 3.8) is 0 Å². The molecule has 0 aromatic heterocycles. The Labute approximate surface area is 212 Å². The molecule has 17 nitrogen and oxygen atoms in total. The van der Waals surface area contributed by atoms with Gasteiger partial charge >= 0.3 is 16.4 Å². The number of benzene rings is 1. The molecule has 3 rings (SSSR count). The summed E-state index contributed by atoms with van der Waals surface area (Å²) >= 11 is 0.760. The van der Waals surface area contributed by atoms with E-state index in [4.69, 9.17) is 18.8 Å². The lowest BCUT2D eigenvalue weighted by atomic mass is 9.97. The quantitative estimate of drug-likeness (QED) is 0.0894. The number of carbonyl (C=O) groups is 1. The number of carboxylic acid groups (broad SMARTS) is 1. The molecule has 0 amide bonds. The number of aliphatic hydroxyl groups excluding tert-OH is 5. The molecule has 2 aliphatic heterocycles. The molecule has 2 fully saturated rings. The summed E-state index contributed by atoms with van der Waals surface area (Å²) in [5.74, 6) is -1.70. The summed E-state index contributed by atoms with van der Waals surface area (Å²) in [5, 5.41) is 71.4. The van der Waals surface area contributed by atoms with Crippen LogP contribution in [0.15, 0.2) is 29.2 Å². The molecule has 2 heterocycles. The van der Waals surface area contributed by atoms with Crippen molar-refractivity contribution < 1.29 is 71.7 Å². The van der Waals surface area contributed by atoms with Crippen LogP contribution < -0.4 is 0 Å². The van der Waals surface area contributed by atoms with E-state index in [1.54, 1.807) is 0 Å². The summed E-state index contributed by atoms with van der Waals surface area (Å²) in [6.45, 7) is -0.949. The average molecular weight is 574 g/mol. The maximum Gasteiger partial charge on any atom is 0.397 e. The topological polar surface area (TPSA) is 273 Å². The lowest BCUT2D eigenvalue weighted by Gasteiger charge is -2.45. The molecule has 2 aliphatic rings. The first-order valence-corrected chi connectivity index (χ1v) is 12.6. The zero-order valence-electron chi connectivity index (χ0n) is 18.4. The first-order chi connectivity index (χ1) is 17.2. The minimum atomic E-state index is -4.96. The minimum Gasteiger partial charge on any atom is -0.479 e. The van der Waals surface area contributed by atoms with Gasteiger partial charge < -0.3 is 44.8 Å². The number of nitro benzene ring substituents is 1. The molecule has 1 aromatic rings. The molecular weight excluding hydrogens is 550 g/mol. The number of hydrogen-bond donors (Lipinski definition) is 7. The molecule has 208 valence electrons. The van der Waals surface area contributed by atoms with Crippen molar-refractivity contribution in [3.8, 4) is 0 Å². The van der Waals surface area contributed by atoms with Crippen LogP contribution in [-0.2, 0) is 33.6 Å². The fourth-order valence-corrected chi connectivity index (χ4v) is 4.96. The number of carboxylic acids is 1. The van der Waals surface area contributed by atoms with Crippen LogP contribution in [0.2, 0.25) is 0 Å². The number of thioether (sulfide) groups is 1. The molecule has 7 N–H and O–H groups in total. The number of aliphatic carboxylic acids is 1. The molecule has 10 atom stereocenters. The molecule has 0 aliphatic carbocycles. The van der Waals surface area contributed by atoms with Crippen LogP contribution in [0.4, 0.5) is 5.69 Å². The number of nitro groups is 1. The van der Waals surface area contributed by atoms with Crippen molar-refractivity contribution in [2.24, 2.45) is 0 Å². The van der Waals surface area contributed by atoms with Crippen molar-refractivity contribution >= 4 is 33.8 Å². The second-order valence-electron chi connectivity index (χ2n) is 7.94. The van der Waals surface area contributed by atoms with Gasteiger partial charge in [0.1, 0.15) is 48.2 Å². The van der Waals surface area contributed by atoms with E-state index in [-0.39, 0.29) is 5.69 Å². The van der Waals surface area contributed by atoms with Gasteiger partial charge in [0.2, 0.25) is 0 Å². The predicted molar refractivity (Wildman–Crippen MR) is 116 cm³/mol. The Kier molecular flexibility index (Phi) is 9.42. The zero-order chi connectivity index (χ0) is 27.7. The minimum absolute atomic E-state index is 0.248. The van der Waals surface area contributed by atoms with E-state index in [0.717, 1.165) is 23.9 Å². The fraction of sp³-hybridized carbons (Fsp3) is 0.611. The molecule has 0 unspecified atom stereocenters. The van der Waals surface area contributed by atoms with E-state index >= 15 is 0 Å². The van der Waals surface area contributed by atoms with E-state index in [1.807, 2.05) is 0 Å². The second kappa shape index (κ2) is 11.8. The van der Waals surface area contributed by atoms with E-state index in [0.29, 0.717) is 4.90 Å². The van der Waals surface area contributed by atoms with Crippen molar-refractivity contribution in [2.45, 2.75) is 65.5 Å². The lowest BCUT2D eigenvalue weighted by Crippen LogP contribution is -2.64. The molecule has 0 saturated carbocycles. The smallest absolute Gasteiger partial charge is 0.397 e. The number of aliphatic hydroxyl groups is 5. The molecule has 1 aromatic carbocycles. The highest BCUT2D eigenvalue weighted by Crippen LogP contribution is 2.37. The number of non-ortho nitro benzene ring substituents is 1. The van der Waals surface area contributed by atoms with Crippen molar-refractivity contribution in [1.82, 2.24) is 0 Å². The van der Waals surface area contributed by atoms with Crippen LogP contribution in [0, 0.1) is 10.1 Å². The van der Waals surface area contributed by atoms with Crippen molar-refractivity contribution in [2.75, 3.05) is 6.61 Å². The highest BCUT2D eigenvalue weighted by molar-refractivity contribution is 7.99. The Balaban J connectivity index is 1.87. The van der Waals surface area contributed by atoms with Gasteiger partial charge in [0.05, 0.1) is 11.5 Å². The summed E-state index contributed by atoms with van der Waals surface area (Å²) in [4.78, 5) is 21.9. The third-order valence-corrected chi connectivity index (χ3v) is 7.02. The lowest BCUT2D eigenvalue weighted by molar-refractivity contribution is -0.384. The van der Waals surface area contributed by atoms with Gasteiger partial charge in [0.25, 0.3) is 5.69 Å². The largest absolute Gasteiger partial charge is 0.479 e. The van der Waals surface area contributed by atoms with Crippen molar-refractivity contribution in [1.29, 1.82) is 0 Å². The Morgan fingerprint density at radius 2 is 1.62 bits per heavy atom. The maximum atomic E-state index is 11.4. The van der Waals surface area contributed by atoms with Gasteiger partial charge in [-0.2, -0.15) is 8.42 Å². The summed E-state index contributed by atoms with van der Waals surface area (Å²) in [6, 6.07) is 4.90. The van der Waals surface area contributed by atoms with Gasteiger partial charge in [0, 0.05) is 17.0 Å². The van der Waals surface area contributed by atoms with Gasteiger partial charge in [-0.3, -0.25) is 14.7 Å².